The molecule has 0 bridgehead atoms. The molecule has 0 heterocycles. The third-order valence-electron chi connectivity index (χ3n) is 3.73. The van der Waals surface area contributed by atoms with Gasteiger partial charge in [0.1, 0.15) is 0 Å². The molecule has 2 aromatic rings. The monoisotopic (exact) mass is 360 g/mol. The van der Waals surface area contributed by atoms with Gasteiger partial charge in [-0.1, -0.05) is 12.1 Å². The molecule has 0 saturated heterocycles. The Morgan fingerprint density at radius 2 is 1.58 bits per heavy atom. The number of benzene rings is 2. The molecular weight excluding hydrogens is 340 g/mol. The Hall–Kier alpha value is -3.29. The van der Waals surface area contributed by atoms with Crippen LogP contribution in [0.1, 0.15) is 11.1 Å². The van der Waals surface area contributed by atoms with E-state index in [0.29, 0.717) is 22.8 Å². The van der Waals surface area contributed by atoms with Gasteiger partial charge in [0.05, 0.1) is 32.7 Å². The molecule has 26 heavy (non-hydrogen) atoms. The summed E-state index contributed by atoms with van der Waals surface area (Å²) in [5.74, 6) is 1.29. The van der Waals surface area contributed by atoms with Crippen molar-refractivity contribution in [3.63, 3.8) is 0 Å². The Labute approximate surface area is 150 Å². The molecule has 2 aromatic carbocycles. The summed E-state index contributed by atoms with van der Waals surface area (Å²) in [6, 6.07) is 9.40. The number of nitrogens with one attached hydrogen (secondary N) is 1. The van der Waals surface area contributed by atoms with Crippen LogP contribution in [-0.2, 0) is 17.8 Å². The highest BCUT2D eigenvalue weighted by Gasteiger charge is 2.14. The van der Waals surface area contributed by atoms with Crippen molar-refractivity contribution in [2.24, 2.45) is 0 Å². The number of amides is 1. The molecule has 1 N–H and O–H groups in total. The molecule has 0 fully saturated rings. The summed E-state index contributed by atoms with van der Waals surface area (Å²) in [7, 11) is 4.56. The van der Waals surface area contributed by atoms with Gasteiger partial charge in [-0.25, -0.2) is 0 Å². The number of hydrogen-bond donors (Lipinski definition) is 1. The number of hydrogen-bond acceptors (Lipinski definition) is 6. The lowest BCUT2D eigenvalue weighted by molar-refractivity contribution is -0.384. The van der Waals surface area contributed by atoms with Crippen molar-refractivity contribution in [3.8, 4) is 17.2 Å². The topological polar surface area (TPSA) is 99.9 Å². The molecule has 0 radical (unpaired) electrons. The van der Waals surface area contributed by atoms with Crippen LogP contribution in [0.25, 0.3) is 0 Å². The van der Waals surface area contributed by atoms with Crippen molar-refractivity contribution in [1.82, 2.24) is 5.32 Å². The van der Waals surface area contributed by atoms with E-state index in [9.17, 15) is 14.9 Å². The van der Waals surface area contributed by atoms with Crippen LogP contribution in [0.5, 0.6) is 17.2 Å². The van der Waals surface area contributed by atoms with Crippen LogP contribution >= 0.6 is 0 Å². The third-order valence-corrected chi connectivity index (χ3v) is 3.73. The Morgan fingerprint density at radius 1 is 1.00 bits per heavy atom. The molecule has 0 aromatic heterocycles. The SMILES string of the molecule is COc1cc(CNC(=O)Cc2ccc([N+](=O)[O-])cc2)cc(OC)c1OC. The summed E-state index contributed by atoms with van der Waals surface area (Å²) >= 11 is 0. The number of nitrogens with zero attached hydrogens (tertiary/aromatic N) is 1. The van der Waals surface area contributed by atoms with Crippen LogP contribution in [-0.4, -0.2) is 32.2 Å². The number of carbonyl (C=O) groups excluding carboxylic acids is 1. The lowest BCUT2D eigenvalue weighted by Gasteiger charge is -2.14. The number of nitro groups is 1. The van der Waals surface area contributed by atoms with E-state index in [4.69, 9.17) is 14.2 Å². The maximum atomic E-state index is 12.1. The lowest BCUT2D eigenvalue weighted by atomic mass is 10.1. The Kier molecular flexibility index (Phi) is 6.37. The van der Waals surface area contributed by atoms with E-state index in [1.807, 2.05) is 0 Å². The van der Waals surface area contributed by atoms with Gasteiger partial charge in [-0.2, -0.15) is 0 Å². The number of nitro benzene ring substituents is 1. The number of carbonyl (C=O) groups is 1. The fourth-order valence-corrected chi connectivity index (χ4v) is 2.42. The van der Waals surface area contributed by atoms with Gasteiger partial charge in [0, 0.05) is 18.7 Å². The van der Waals surface area contributed by atoms with Crippen LogP contribution in [0.4, 0.5) is 5.69 Å². The zero-order valence-corrected chi connectivity index (χ0v) is 14.8. The normalized spacial score (nSPS) is 10.1. The van der Waals surface area contributed by atoms with Gasteiger partial charge < -0.3 is 19.5 Å². The first-order valence-electron chi connectivity index (χ1n) is 7.77. The first-order valence-corrected chi connectivity index (χ1v) is 7.77. The summed E-state index contributed by atoms with van der Waals surface area (Å²) in [5, 5.41) is 13.4. The highest BCUT2D eigenvalue weighted by Crippen LogP contribution is 2.38. The van der Waals surface area contributed by atoms with Crippen molar-refractivity contribution in [1.29, 1.82) is 0 Å². The molecular formula is C18H20N2O6. The van der Waals surface area contributed by atoms with Crippen molar-refractivity contribution < 1.29 is 23.9 Å². The summed E-state index contributed by atoms with van der Waals surface area (Å²) in [4.78, 5) is 22.3. The van der Waals surface area contributed by atoms with Crippen molar-refractivity contribution in [3.05, 3.63) is 57.6 Å². The predicted molar refractivity (Wildman–Crippen MR) is 94.7 cm³/mol. The smallest absolute Gasteiger partial charge is 0.269 e. The van der Waals surface area contributed by atoms with Crippen LogP contribution in [0.2, 0.25) is 0 Å². The largest absolute Gasteiger partial charge is 0.493 e. The third kappa shape index (κ3) is 4.62. The summed E-state index contributed by atoms with van der Waals surface area (Å²) in [6.07, 6.45) is 0.127. The molecule has 0 unspecified atom stereocenters. The van der Waals surface area contributed by atoms with Gasteiger partial charge in [0.2, 0.25) is 11.7 Å². The van der Waals surface area contributed by atoms with Crippen LogP contribution < -0.4 is 19.5 Å². The molecule has 0 aliphatic carbocycles. The fourth-order valence-electron chi connectivity index (χ4n) is 2.42. The molecule has 0 atom stereocenters. The van der Waals surface area contributed by atoms with E-state index >= 15 is 0 Å². The predicted octanol–water partition coefficient (Wildman–Crippen LogP) is 2.48. The van der Waals surface area contributed by atoms with Crippen LogP contribution in [0.3, 0.4) is 0 Å². The molecule has 2 rings (SSSR count). The molecule has 138 valence electrons. The summed E-state index contributed by atoms with van der Waals surface area (Å²) in [6.45, 7) is 0.280. The van der Waals surface area contributed by atoms with Gasteiger partial charge in [-0.3, -0.25) is 14.9 Å². The van der Waals surface area contributed by atoms with E-state index in [0.717, 1.165) is 5.56 Å². The molecule has 0 saturated carbocycles. The summed E-state index contributed by atoms with van der Waals surface area (Å²) in [5.41, 5.74) is 1.47. The van der Waals surface area contributed by atoms with Crippen molar-refractivity contribution in [2.45, 2.75) is 13.0 Å². The molecule has 0 aliphatic rings. The van der Waals surface area contributed by atoms with Gasteiger partial charge in [-0.15, -0.1) is 0 Å². The quantitative estimate of drug-likeness (QED) is 0.573. The molecule has 0 spiro atoms. The Balaban J connectivity index is 2.01. The standard InChI is InChI=1S/C18H20N2O6/c1-24-15-8-13(9-16(25-2)18(15)26-3)11-19-17(21)10-12-4-6-14(7-5-12)20(22)23/h4-9H,10-11H2,1-3H3,(H,19,21). The minimum Gasteiger partial charge on any atom is -0.493 e. The number of methoxy groups -OCH3 is 3. The molecule has 8 nitrogen and oxygen atoms in total. The van der Waals surface area contributed by atoms with Gasteiger partial charge >= 0.3 is 0 Å². The van der Waals surface area contributed by atoms with Gasteiger partial charge in [-0.05, 0) is 23.3 Å². The average Bonchev–Trinajstić information content (AvgIpc) is 2.65. The first-order chi connectivity index (χ1) is 12.5. The van der Waals surface area contributed by atoms with E-state index in [2.05, 4.69) is 5.32 Å². The van der Waals surface area contributed by atoms with E-state index in [1.165, 1.54) is 33.5 Å². The lowest BCUT2D eigenvalue weighted by Crippen LogP contribution is -2.24. The van der Waals surface area contributed by atoms with E-state index in [-0.39, 0.29) is 24.6 Å². The molecule has 8 heteroatoms. The highest BCUT2D eigenvalue weighted by atomic mass is 16.6. The Bertz CT molecular complexity index is 764. The fraction of sp³-hybridized carbons (Fsp3) is 0.278. The number of non-ortho nitro benzene ring substituents is 1. The maximum absolute atomic E-state index is 12.1. The minimum absolute atomic E-state index is 0.00780. The molecule has 1 amide bonds. The van der Waals surface area contributed by atoms with E-state index < -0.39 is 4.92 Å². The van der Waals surface area contributed by atoms with Crippen molar-refractivity contribution >= 4 is 11.6 Å². The zero-order valence-electron chi connectivity index (χ0n) is 14.8. The average molecular weight is 360 g/mol. The second-order valence-corrected chi connectivity index (χ2v) is 5.41. The summed E-state index contributed by atoms with van der Waals surface area (Å²) < 4.78 is 15.8. The van der Waals surface area contributed by atoms with Crippen molar-refractivity contribution in [2.75, 3.05) is 21.3 Å². The Morgan fingerprint density at radius 3 is 2.04 bits per heavy atom. The number of rotatable bonds is 8. The maximum Gasteiger partial charge on any atom is 0.269 e. The number of ether oxygens (including phenoxy) is 3. The van der Waals surface area contributed by atoms with Crippen LogP contribution in [0.15, 0.2) is 36.4 Å². The highest BCUT2D eigenvalue weighted by molar-refractivity contribution is 5.78. The van der Waals surface area contributed by atoms with Gasteiger partial charge in [0.25, 0.3) is 5.69 Å². The first kappa shape index (κ1) is 19.0. The minimum atomic E-state index is -0.478. The van der Waals surface area contributed by atoms with Gasteiger partial charge in [0.15, 0.2) is 11.5 Å². The second kappa shape index (κ2) is 8.70. The molecule has 0 aliphatic heterocycles. The van der Waals surface area contributed by atoms with Crippen LogP contribution in [0, 0.1) is 10.1 Å². The second-order valence-electron chi connectivity index (χ2n) is 5.41. The zero-order chi connectivity index (χ0) is 19.1. The van der Waals surface area contributed by atoms with E-state index in [1.54, 1.807) is 24.3 Å².